The van der Waals surface area contributed by atoms with Crippen molar-refractivity contribution in [2.75, 3.05) is 19.6 Å². The maximum absolute atomic E-state index is 14.0. The van der Waals surface area contributed by atoms with Gasteiger partial charge in [-0.3, -0.25) is 4.79 Å². The van der Waals surface area contributed by atoms with Gasteiger partial charge in [0.05, 0.1) is 10.0 Å². The zero-order chi connectivity index (χ0) is 18.9. The van der Waals surface area contributed by atoms with Gasteiger partial charge in [-0.15, -0.1) is 0 Å². The van der Waals surface area contributed by atoms with Gasteiger partial charge < -0.3 is 14.5 Å². The quantitative estimate of drug-likeness (QED) is 0.651. The molecule has 0 aromatic heterocycles. The highest BCUT2D eigenvalue weighted by molar-refractivity contribution is 9.10. The van der Waals surface area contributed by atoms with Crippen LogP contribution >= 0.6 is 15.9 Å². The molecule has 138 valence electrons. The minimum atomic E-state index is -0.791. The fourth-order valence-electron chi connectivity index (χ4n) is 2.62. The van der Waals surface area contributed by atoms with Gasteiger partial charge in [0, 0.05) is 25.7 Å². The van der Waals surface area contributed by atoms with Crippen molar-refractivity contribution in [3.8, 4) is 0 Å². The van der Waals surface area contributed by atoms with E-state index in [1.165, 1.54) is 9.80 Å². The van der Waals surface area contributed by atoms with Crippen LogP contribution in [0.2, 0.25) is 0 Å². The lowest BCUT2D eigenvalue weighted by atomic mass is 10.1. The Morgan fingerprint density at radius 2 is 1.80 bits per heavy atom. The summed E-state index contributed by atoms with van der Waals surface area (Å²) in [5.74, 6) is -2.11. The van der Waals surface area contributed by atoms with Crippen molar-refractivity contribution in [3.05, 3.63) is 33.8 Å². The first kappa shape index (κ1) is 19.6. The van der Waals surface area contributed by atoms with E-state index >= 15 is 0 Å². The summed E-state index contributed by atoms with van der Waals surface area (Å²) in [6, 6.07) is 1.58. The first-order valence-electron chi connectivity index (χ1n) is 7.93. The van der Waals surface area contributed by atoms with E-state index in [0.29, 0.717) is 0 Å². The van der Waals surface area contributed by atoms with E-state index in [0.717, 1.165) is 12.1 Å². The minimum Gasteiger partial charge on any atom is -0.444 e. The molecule has 0 unspecified atom stereocenters. The summed E-state index contributed by atoms with van der Waals surface area (Å²) in [7, 11) is 0. The van der Waals surface area contributed by atoms with Crippen LogP contribution in [0, 0.1) is 11.6 Å². The minimum absolute atomic E-state index is 0.195. The van der Waals surface area contributed by atoms with Crippen LogP contribution in [0.3, 0.4) is 0 Å². The number of piperazine rings is 1. The molecule has 0 N–H and O–H groups in total. The van der Waals surface area contributed by atoms with Crippen molar-refractivity contribution in [1.82, 2.24) is 9.80 Å². The van der Waals surface area contributed by atoms with E-state index in [1.807, 2.05) is 0 Å². The van der Waals surface area contributed by atoms with E-state index in [1.54, 1.807) is 27.7 Å². The van der Waals surface area contributed by atoms with Crippen LogP contribution in [0.5, 0.6) is 0 Å². The second-order valence-electron chi connectivity index (χ2n) is 6.99. The Hall–Kier alpha value is -1.70. The molecular weight excluding hydrogens is 398 g/mol. The Kier molecular flexibility index (Phi) is 5.71. The van der Waals surface area contributed by atoms with Gasteiger partial charge in [-0.1, -0.05) is 0 Å². The molecule has 1 aromatic carbocycles. The smallest absolute Gasteiger partial charge is 0.410 e. The summed E-state index contributed by atoms with van der Waals surface area (Å²) in [6.45, 7) is 7.79. The lowest BCUT2D eigenvalue weighted by Gasteiger charge is -2.40. The zero-order valence-corrected chi connectivity index (χ0v) is 16.2. The van der Waals surface area contributed by atoms with Gasteiger partial charge in [0.25, 0.3) is 5.91 Å². The lowest BCUT2D eigenvalue weighted by Crippen LogP contribution is -2.56. The van der Waals surface area contributed by atoms with Crippen molar-refractivity contribution >= 4 is 27.9 Å². The van der Waals surface area contributed by atoms with Crippen LogP contribution in [0.4, 0.5) is 13.6 Å². The van der Waals surface area contributed by atoms with E-state index in [9.17, 15) is 18.4 Å². The largest absolute Gasteiger partial charge is 0.444 e. The molecule has 25 heavy (non-hydrogen) atoms. The Bertz CT molecular complexity index is 691. The van der Waals surface area contributed by atoms with Crippen LogP contribution < -0.4 is 0 Å². The Labute approximate surface area is 154 Å². The molecule has 1 saturated heterocycles. The molecular formula is C17H21BrF2N2O3. The molecule has 8 heteroatoms. The number of hydrogen-bond donors (Lipinski definition) is 0. The molecule has 0 radical (unpaired) electrons. The number of rotatable bonds is 1. The maximum Gasteiger partial charge on any atom is 0.410 e. The average molecular weight is 419 g/mol. The Morgan fingerprint density at radius 1 is 1.20 bits per heavy atom. The number of carbonyl (C=O) groups excluding carboxylic acids is 2. The van der Waals surface area contributed by atoms with Crippen LogP contribution in [-0.2, 0) is 4.74 Å². The van der Waals surface area contributed by atoms with Gasteiger partial charge >= 0.3 is 6.09 Å². The highest BCUT2D eigenvalue weighted by Gasteiger charge is 2.34. The summed E-state index contributed by atoms with van der Waals surface area (Å²) < 4.78 is 32.8. The standard InChI is InChI=1S/C17H21BrF2N2O3/c1-10-9-21(7-8-22(10)16(24)25-17(2,3)4)15(23)13-11(19)5-6-12(20)14(13)18/h5-6,10H,7-9H2,1-4H3/t10-/m0/s1. The molecule has 0 bridgehead atoms. The first-order valence-corrected chi connectivity index (χ1v) is 8.73. The third-order valence-electron chi connectivity index (χ3n) is 3.80. The van der Waals surface area contributed by atoms with Crippen LogP contribution in [0.1, 0.15) is 38.1 Å². The third-order valence-corrected chi connectivity index (χ3v) is 4.58. The van der Waals surface area contributed by atoms with Crippen molar-refractivity contribution in [2.45, 2.75) is 39.3 Å². The number of ether oxygens (including phenoxy) is 1. The van der Waals surface area contributed by atoms with Gasteiger partial charge in [0.2, 0.25) is 0 Å². The molecule has 0 aliphatic carbocycles. The predicted molar refractivity (Wildman–Crippen MR) is 92.4 cm³/mol. The normalized spacial score (nSPS) is 18.3. The molecule has 1 aromatic rings. The number of amides is 2. The van der Waals surface area contributed by atoms with Crippen molar-refractivity contribution in [2.24, 2.45) is 0 Å². The SMILES string of the molecule is C[C@H]1CN(C(=O)c2c(F)ccc(F)c2Br)CCN1C(=O)OC(C)(C)C. The first-order chi connectivity index (χ1) is 11.5. The maximum atomic E-state index is 14.0. The third kappa shape index (κ3) is 4.48. The summed E-state index contributed by atoms with van der Waals surface area (Å²) in [4.78, 5) is 27.8. The predicted octanol–water partition coefficient (Wildman–Crippen LogP) is 3.81. The molecule has 1 atom stereocenters. The molecule has 0 saturated carbocycles. The second-order valence-corrected chi connectivity index (χ2v) is 7.79. The number of nitrogens with zero attached hydrogens (tertiary/aromatic N) is 2. The van der Waals surface area contributed by atoms with Gasteiger partial charge in [0.15, 0.2) is 0 Å². The number of halogens is 3. The second kappa shape index (κ2) is 7.27. The van der Waals surface area contributed by atoms with E-state index < -0.39 is 29.2 Å². The van der Waals surface area contributed by atoms with E-state index in [2.05, 4.69) is 15.9 Å². The number of benzene rings is 1. The molecule has 1 fully saturated rings. The molecule has 5 nitrogen and oxygen atoms in total. The monoisotopic (exact) mass is 418 g/mol. The molecule has 1 aliphatic rings. The fourth-order valence-corrected chi connectivity index (χ4v) is 3.11. The highest BCUT2D eigenvalue weighted by Crippen LogP contribution is 2.26. The zero-order valence-electron chi connectivity index (χ0n) is 14.6. The van der Waals surface area contributed by atoms with Gasteiger partial charge in [-0.05, 0) is 55.8 Å². The molecule has 1 aliphatic heterocycles. The van der Waals surface area contributed by atoms with Crippen molar-refractivity contribution in [3.63, 3.8) is 0 Å². The van der Waals surface area contributed by atoms with Crippen molar-refractivity contribution < 1.29 is 23.1 Å². The summed E-state index contributed by atoms with van der Waals surface area (Å²) in [5, 5.41) is 0. The van der Waals surface area contributed by atoms with Crippen molar-refractivity contribution in [1.29, 1.82) is 0 Å². The molecule has 2 rings (SSSR count). The Balaban J connectivity index is 2.12. The summed E-state index contributed by atoms with van der Waals surface area (Å²) in [6.07, 6.45) is -0.454. The molecule has 2 amide bonds. The fraction of sp³-hybridized carbons (Fsp3) is 0.529. The van der Waals surface area contributed by atoms with Gasteiger partial charge in [-0.2, -0.15) is 0 Å². The van der Waals surface area contributed by atoms with Crippen LogP contribution in [-0.4, -0.2) is 53.1 Å². The highest BCUT2D eigenvalue weighted by atomic mass is 79.9. The summed E-state index contributed by atoms with van der Waals surface area (Å²) >= 11 is 2.93. The average Bonchev–Trinajstić information content (AvgIpc) is 2.49. The Morgan fingerprint density at radius 3 is 2.36 bits per heavy atom. The number of carbonyl (C=O) groups is 2. The van der Waals surface area contributed by atoms with Gasteiger partial charge in [0.1, 0.15) is 17.2 Å². The van der Waals surface area contributed by atoms with E-state index in [-0.39, 0.29) is 35.7 Å². The lowest BCUT2D eigenvalue weighted by molar-refractivity contribution is 0.00188. The summed E-state index contributed by atoms with van der Waals surface area (Å²) in [5.41, 5.74) is -0.947. The van der Waals surface area contributed by atoms with E-state index in [4.69, 9.17) is 4.74 Å². The molecule has 0 spiro atoms. The topological polar surface area (TPSA) is 49.9 Å². The van der Waals surface area contributed by atoms with Crippen LogP contribution in [0.15, 0.2) is 16.6 Å². The van der Waals surface area contributed by atoms with Gasteiger partial charge in [-0.25, -0.2) is 13.6 Å². The number of hydrogen-bond acceptors (Lipinski definition) is 3. The van der Waals surface area contributed by atoms with Crippen LogP contribution in [0.25, 0.3) is 0 Å². The molecule has 1 heterocycles.